The van der Waals surface area contributed by atoms with Crippen LogP contribution in [0.5, 0.6) is 0 Å². The number of nitrogens with zero attached hydrogens (tertiary/aromatic N) is 2. The number of carbonyl (C=O) groups is 1. The van der Waals surface area contributed by atoms with Crippen molar-refractivity contribution in [2.24, 2.45) is 5.92 Å². The van der Waals surface area contributed by atoms with Crippen molar-refractivity contribution < 1.29 is 18.5 Å². The first kappa shape index (κ1) is 23.3. The van der Waals surface area contributed by atoms with Crippen LogP contribution in [0, 0.1) is 23.1 Å². The number of rotatable bonds is 6. The second-order valence-electron chi connectivity index (χ2n) is 9.31. The SMILES string of the molecule is CC(C)(C)[S+]([O-])CC(C1CC1)N1C(=O)[C@@](C)(CC#N)OC[C@H]1c1ccc(Cl)c(F)c1. The van der Waals surface area contributed by atoms with Gasteiger partial charge in [-0.3, -0.25) is 4.79 Å². The van der Waals surface area contributed by atoms with E-state index in [2.05, 4.69) is 0 Å². The second-order valence-corrected chi connectivity index (χ2v) is 12.0. The Balaban J connectivity index is 2.02. The van der Waals surface area contributed by atoms with Crippen LogP contribution in [-0.4, -0.2) is 44.1 Å². The summed E-state index contributed by atoms with van der Waals surface area (Å²) >= 11 is 4.68. The molecule has 1 heterocycles. The number of nitriles is 1. The first-order chi connectivity index (χ1) is 14.0. The van der Waals surface area contributed by atoms with E-state index in [9.17, 15) is 19.0 Å². The number of ether oxygens (including phenoxy) is 1. The van der Waals surface area contributed by atoms with E-state index in [0.717, 1.165) is 12.8 Å². The minimum atomic E-state index is -1.27. The lowest BCUT2D eigenvalue weighted by Crippen LogP contribution is -2.61. The lowest BCUT2D eigenvalue weighted by molar-refractivity contribution is -0.181. The predicted molar refractivity (Wildman–Crippen MR) is 115 cm³/mol. The summed E-state index contributed by atoms with van der Waals surface area (Å²) in [6.07, 6.45) is 1.82. The van der Waals surface area contributed by atoms with E-state index in [1.165, 1.54) is 12.1 Å². The van der Waals surface area contributed by atoms with Gasteiger partial charge in [0.25, 0.3) is 5.91 Å². The normalized spacial score (nSPS) is 26.9. The average molecular weight is 455 g/mol. The van der Waals surface area contributed by atoms with E-state index in [4.69, 9.17) is 16.3 Å². The largest absolute Gasteiger partial charge is 0.616 e. The number of hydrogen-bond acceptors (Lipinski definition) is 4. The van der Waals surface area contributed by atoms with Crippen LogP contribution in [-0.2, 0) is 20.7 Å². The Hall–Kier alpha value is -1.33. The van der Waals surface area contributed by atoms with Gasteiger partial charge in [0.2, 0.25) is 0 Å². The van der Waals surface area contributed by atoms with Gasteiger partial charge in [-0.25, -0.2) is 4.39 Å². The zero-order valence-electron chi connectivity index (χ0n) is 17.8. The van der Waals surface area contributed by atoms with Crippen molar-refractivity contribution in [2.45, 2.75) is 69.4 Å². The average Bonchev–Trinajstić information content (AvgIpc) is 3.49. The quantitative estimate of drug-likeness (QED) is 0.598. The topological polar surface area (TPSA) is 76.4 Å². The Kier molecular flexibility index (Phi) is 6.74. The van der Waals surface area contributed by atoms with Crippen molar-refractivity contribution in [3.05, 3.63) is 34.6 Å². The van der Waals surface area contributed by atoms with E-state index >= 15 is 0 Å². The molecule has 5 nitrogen and oxygen atoms in total. The standard InChI is InChI=1S/C22H28ClFN2O3S/c1-21(2,3)30(28)13-19(14-5-6-14)26-18(15-7-8-16(23)17(24)11-15)12-29-22(4,9-10-25)20(26)27/h7-8,11,14,18-19H,5-6,9,12-13H2,1-4H3/t18-,19?,22+,30?/m0/s1. The lowest BCUT2D eigenvalue weighted by atomic mass is 9.92. The Morgan fingerprint density at radius 2 is 2.13 bits per heavy atom. The molecule has 2 unspecified atom stereocenters. The van der Waals surface area contributed by atoms with Crippen LogP contribution in [0.25, 0.3) is 0 Å². The Morgan fingerprint density at radius 1 is 1.47 bits per heavy atom. The maximum absolute atomic E-state index is 14.2. The summed E-state index contributed by atoms with van der Waals surface area (Å²) < 4.78 is 32.6. The summed E-state index contributed by atoms with van der Waals surface area (Å²) in [5.41, 5.74) is -0.691. The predicted octanol–water partition coefficient (Wildman–Crippen LogP) is 4.38. The van der Waals surface area contributed by atoms with Crippen molar-refractivity contribution in [3.63, 3.8) is 0 Å². The van der Waals surface area contributed by atoms with Gasteiger partial charge in [-0.15, -0.1) is 0 Å². The first-order valence-electron chi connectivity index (χ1n) is 10.1. The summed E-state index contributed by atoms with van der Waals surface area (Å²) in [4.78, 5) is 15.3. The van der Waals surface area contributed by atoms with Gasteiger partial charge in [-0.1, -0.05) is 17.7 Å². The molecule has 0 N–H and O–H groups in total. The molecule has 0 bridgehead atoms. The molecule has 1 aliphatic heterocycles. The fraction of sp³-hybridized carbons (Fsp3) is 0.636. The maximum Gasteiger partial charge on any atom is 0.256 e. The number of amides is 1. The highest BCUT2D eigenvalue weighted by atomic mass is 35.5. The molecule has 1 saturated carbocycles. The van der Waals surface area contributed by atoms with Crippen LogP contribution >= 0.6 is 11.6 Å². The molecular formula is C22H28ClFN2O3S. The summed E-state index contributed by atoms with van der Waals surface area (Å²) in [5, 5.41) is 9.25. The minimum absolute atomic E-state index is 0.00949. The third kappa shape index (κ3) is 4.77. The molecule has 8 heteroatoms. The Morgan fingerprint density at radius 3 is 2.67 bits per heavy atom. The highest BCUT2D eigenvalue weighted by molar-refractivity contribution is 7.92. The monoisotopic (exact) mass is 454 g/mol. The van der Waals surface area contributed by atoms with Crippen molar-refractivity contribution in [2.75, 3.05) is 12.4 Å². The van der Waals surface area contributed by atoms with Gasteiger partial charge in [0.1, 0.15) is 16.3 Å². The van der Waals surface area contributed by atoms with Crippen LogP contribution in [0.1, 0.15) is 58.6 Å². The smallest absolute Gasteiger partial charge is 0.256 e. The fourth-order valence-electron chi connectivity index (χ4n) is 3.78. The molecule has 1 saturated heterocycles. The minimum Gasteiger partial charge on any atom is -0.616 e. The second kappa shape index (κ2) is 8.66. The van der Waals surface area contributed by atoms with Gasteiger partial charge >= 0.3 is 0 Å². The molecule has 1 aromatic carbocycles. The van der Waals surface area contributed by atoms with Gasteiger partial charge < -0.3 is 14.2 Å². The van der Waals surface area contributed by atoms with Crippen molar-refractivity contribution in [1.82, 2.24) is 4.90 Å². The number of hydrogen-bond donors (Lipinski definition) is 0. The molecule has 2 aliphatic rings. The number of carbonyl (C=O) groups excluding carboxylic acids is 1. The Bertz CT molecular complexity index is 852. The lowest BCUT2D eigenvalue weighted by Gasteiger charge is -2.47. The van der Waals surface area contributed by atoms with Crippen molar-refractivity contribution in [3.8, 4) is 6.07 Å². The highest BCUT2D eigenvalue weighted by Gasteiger charge is 2.52. The zero-order chi connectivity index (χ0) is 22.3. The summed E-state index contributed by atoms with van der Waals surface area (Å²) in [7, 11) is 0. The van der Waals surface area contributed by atoms with E-state index in [1.807, 2.05) is 26.8 Å². The summed E-state index contributed by atoms with van der Waals surface area (Å²) in [6.45, 7) is 7.51. The molecule has 1 aliphatic carbocycles. The highest BCUT2D eigenvalue weighted by Crippen LogP contribution is 2.44. The number of morpholine rings is 1. The van der Waals surface area contributed by atoms with Crippen LogP contribution in [0.15, 0.2) is 18.2 Å². The molecule has 0 aromatic heterocycles. The Labute approximate surface area is 185 Å². The number of benzene rings is 1. The third-order valence-electron chi connectivity index (χ3n) is 5.86. The van der Waals surface area contributed by atoms with Crippen molar-refractivity contribution >= 4 is 28.7 Å². The molecule has 3 rings (SSSR count). The van der Waals surface area contributed by atoms with E-state index in [0.29, 0.717) is 11.3 Å². The molecular weight excluding hydrogens is 427 g/mol. The van der Waals surface area contributed by atoms with E-state index < -0.39 is 33.4 Å². The summed E-state index contributed by atoms with van der Waals surface area (Å²) in [6, 6.07) is 5.74. The van der Waals surface area contributed by atoms with Gasteiger partial charge in [-0.2, -0.15) is 5.26 Å². The van der Waals surface area contributed by atoms with E-state index in [-0.39, 0.29) is 35.9 Å². The van der Waals surface area contributed by atoms with Crippen molar-refractivity contribution in [1.29, 1.82) is 5.26 Å². The fourth-order valence-corrected chi connectivity index (χ4v) is 5.15. The molecule has 0 spiro atoms. The van der Waals surface area contributed by atoms with Gasteiger partial charge in [-0.05, 0) is 75.3 Å². The van der Waals surface area contributed by atoms with Crippen LogP contribution < -0.4 is 0 Å². The first-order valence-corrected chi connectivity index (χ1v) is 11.8. The van der Waals surface area contributed by atoms with Gasteiger partial charge in [0.05, 0.1) is 36.2 Å². The zero-order valence-corrected chi connectivity index (χ0v) is 19.4. The molecule has 0 radical (unpaired) electrons. The molecule has 164 valence electrons. The maximum atomic E-state index is 14.2. The molecule has 1 aromatic rings. The molecule has 4 atom stereocenters. The third-order valence-corrected chi connectivity index (χ3v) is 8.17. The molecule has 1 amide bonds. The van der Waals surface area contributed by atoms with Gasteiger partial charge in [0, 0.05) is 0 Å². The number of halogens is 2. The van der Waals surface area contributed by atoms with Crippen LogP contribution in [0.3, 0.4) is 0 Å². The molecule has 2 fully saturated rings. The van der Waals surface area contributed by atoms with E-state index in [1.54, 1.807) is 17.9 Å². The van der Waals surface area contributed by atoms with Gasteiger partial charge in [0.15, 0.2) is 5.60 Å². The summed E-state index contributed by atoms with van der Waals surface area (Å²) in [5.74, 6) is -0.286. The molecule has 30 heavy (non-hydrogen) atoms. The van der Waals surface area contributed by atoms with Crippen LogP contribution in [0.2, 0.25) is 5.02 Å². The van der Waals surface area contributed by atoms with Crippen LogP contribution in [0.4, 0.5) is 4.39 Å².